The van der Waals surface area contributed by atoms with Crippen molar-refractivity contribution in [2.75, 3.05) is 19.7 Å². The Morgan fingerprint density at radius 2 is 2.05 bits per heavy atom. The summed E-state index contributed by atoms with van der Waals surface area (Å²) in [7, 11) is 0. The number of rotatable bonds is 7. The first-order valence-electron chi connectivity index (χ1n) is 7.28. The van der Waals surface area contributed by atoms with Gasteiger partial charge in [0, 0.05) is 43.8 Å². The fourth-order valence-electron chi connectivity index (χ4n) is 2.29. The molecule has 0 unspecified atom stereocenters. The van der Waals surface area contributed by atoms with Gasteiger partial charge in [-0.1, -0.05) is 6.92 Å². The van der Waals surface area contributed by atoms with Gasteiger partial charge in [-0.25, -0.2) is 0 Å². The average Bonchev–Trinajstić information content (AvgIpc) is 2.52. The van der Waals surface area contributed by atoms with E-state index in [-0.39, 0.29) is 17.8 Å². The Labute approximate surface area is 129 Å². The second kappa shape index (κ2) is 7.72. The predicted molar refractivity (Wildman–Crippen MR) is 83.7 cm³/mol. The molecule has 0 atom stereocenters. The van der Waals surface area contributed by atoms with Crippen molar-refractivity contribution in [2.24, 2.45) is 0 Å². The predicted octanol–water partition coefficient (Wildman–Crippen LogP) is 0.811. The smallest absolute Gasteiger partial charge is 0.223 e. The Kier molecular flexibility index (Phi) is 5.68. The van der Waals surface area contributed by atoms with Gasteiger partial charge in [-0.15, -0.1) is 0 Å². The van der Waals surface area contributed by atoms with E-state index in [0.717, 1.165) is 17.8 Å². The molecular formula is C16H21N3O3. The molecule has 0 aromatic carbocycles. The normalized spacial score (nSPS) is 11.0. The summed E-state index contributed by atoms with van der Waals surface area (Å²) in [5.74, 6) is -0.261. The Morgan fingerprint density at radius 3 is 2.68 bits per heavy atom. The molecule has 0 aliphatic rings. The number of likely N-dealkylation sites (N-methyl/N-ethyl adjacent to an activating group) is 1. The van der Waals surface area contributed by atoms with Crippen molar-refractivity contribution in [3.63, 3.8) is 0 Å². The van der Waals surface area contributed by atoms with E-state index in [0.29, 0.717) is 19.6 Å². The summed E-state index contributed by atoms with van der Waals surface area (Å²) in [5, 5.41) is 18.8. The molecule has 118 valence electrons. The van der Waals surface area contributed by atoms with Crippen LogP contribution >= 0.6 is 0 Å². The van der Waals surface area contributed by atoms with Gasteiger partial charge in [0.05, 0.1) is 12.8 Å². The topological polar surface area (TPSA) is 78.6 Å². The van der Waals surface area contributed by atoms with Crippen LogP contribution in [0.4, 0.5) is 0 Å². The zero-order chi connectivity index (χ0) is 15.9. The maximum Gasteiger partial charge on any atom is 0.223 e. The zero-order valence-corrected chi connectivity index (χ0v) is 12.6. The lowest BCUT2D eigenvalue weighted by molar-refractivity contribution is 0.193. The number of aromatic hydroxyl groups is 1. The molecule has 22 heavy (non-hydrogen) atoms. The number of nitrogens with zero attached hydrogens (tertiary/aromatic N) is 3. The SMILES string of the molecule is CCN(CCO)Cc1cc(=O)c(O)cn1Cc1ccncc1. The number of aliphatic hydroxyl groups excluding tert-OH is 1. The minimum atomic E-state index is -0.388. The van der Waals surface area contributed by atoms with Crippen LogP contribution in [-0.2, 0) is 13.1 Å². The van der Waals surface area contributed by atoms with E-state index in [1.54, 1.807) is 12.4 Å². The van der Waals surface area contributed by atoms with Gasteiger partial charge in [0.1, 0.15) is 0 Å². The summed E-state index contributed by atoms with van der Waals surface area (Å²) in [6.45, 7) is 4.47. The number of hydrogen-bond acceptors (Lipinski definition) is 5. The zero-order valence-electron chi connectivity index (χ0n) is 12.6. The van der Waals surface area contributed by atoms with Crippen molar-refractivity contribution in [1.29, 1.82) is 0 Å². The minimum absolute atomic E-state index is 0.0700. The summed E-state index contributed by atoms with van der Waals surface area (Å²) in [5.41, 5.74) is 1.44. The highest BCUT2D eigenvalue weighted by molar-refractivity contribution is 5.22. The van der Waals surface area contributed by atoms with Gasteiger partial charge in [-0.3, -0.25) is 14.7 Å². The maximum atomic E-state index is 11.7. The summed E-state index contributed by atoms with van der Waals surface area (Å²) in [6, 6.07) is 5.24. The Balaban J connectivity index is 2.30. The van der Waals surface area contributed by atoms with E-state index < -0.39 is 0 Å². The van der Waals surface area contributed by atoms with Gasteiger partial charge in [0.2, 0.25) is 5.43 Å². The van der Waals surface area contributed by atoms with E-state index in [1.165, 1.54) is 12.3 Å². The van der Waals surface area contributed by atoms with Crippen molar-refractivity contribution in [2.45, 2.75) is 20.0 Å². The molecule has 0 radical (unpaired) electrons. The molecule has 0 aliphatic heterocycles. The molecule has 2 rings (SSSR count). The molecule has 0 bridgehead atoms. The van der Waals surface area contributed by atoms with Crippen LogP contribution in [0, 0.1) is 0 Å². The van der Waals surface area contributed by atoms with Gasteiger partial charge < -0.3 is 14.8 Å². The highest BCUT2D eigenvalue weighted by atomic mass is 16.3. The molecule has 2 heterocycles. The van der Waals surface area contributed by atoms with Crippen molar-refractivity contribution < 1.29 is 10.2 Å². The highest BCUT2D eigenvalue weighted by Gasteiger charge is 2.10. The van der Waals surface area contributed by atoms with Gasteiger partial charge in [0.25, 0.3) is 0 Å². The quantitative estimate of drug-likeness (QED) is 0.791. The Hall–Kier alpha value is -2.18. The van der Waals surface area contributed by atoms with Crippen LogP contribution in [0.15, 0.2) is 41.6 Å². The third-order valence-electron chi connectivity index (χ3n) is 3.55. The fourth-order valence-corrected chi connectivity index (χ4v) is 2.29. The maximum absolute atomic E-state index is 11.7. The Morgan fingerprint density at radius 1 is 1.32 bits per heavy atom. The van der Waals surface area contributed by atoms with E-state index >= 15 is 0 Å². The lowest BCUT2D eigenvalue weighted by atomic mass is 10.2. The van der Waals surface area contributed by atoms with Gasteiger partial charge in [0.15, 0.2) is 5.75 Å². The largest absolute Gasteiger partial charge is 0.503 e. The van der Waals surface area contributed by atoms with E-state index in [1.807, 2.05) is 28.5 Å². The van der Waals surface area contributed by atoms with Crippen LogP contribution in [0.5, 0.6) is 5.75 Å². The summed E-state index contributed by atoms with van der Waals surface area (Å²) in [6.07, 6.45) is 4.88. The molecule has 6 nitrogen and oxygen atoms in total. The number of hydrogen-bond donors (Lipinski definition) is 2. The van der Waals surface area contributed by atoms with Crippen LogP contribution in [0.2, 0.25) is 0 Å². The fraction of sp³-hybridized carbons (Fsp3) is 0.375. The molecule has 2 aromatic rings. The summed E-state index contributed by atoms with van der Waals surface area (Å²) >= 11 is 0. The van der Waals surface area contributed by atoms with Crippen molar-refractivity contribution in [3.05, 3.63) is 58.3 Å². The second-order valence-electron chi connectivity index (χ2n) is 5.09. The highest BCUT2D eigenvalue weighted by Crippen LogP contribution is 2.11. The Bertz CT molecular complexity index is 655. The first kappa shape index (κ1) is 16.2. The van der Waals surface area contributed by atoms with Crippen LogP contribution in [0.25, 0.3) is 0 Å². The van der Waals surface area contributed by atoms with Gasteiger partial charge in [-0.05, 0) is 24.2 Å². The molecule has 0 amide bonds. The number of pyridine rings is 2. The van der Waals surface area contributed by atoms with Crippen molar-refractivity contribution >= 4 is 0 Å². The number of aliphatic hydroxyl groups is 1. The standard InChI is InChI=1S/C16H21N3O3/c1-2-18(7-8-20)11-14-9-15(21)16(22)12-19(14)10-13-3-5-17-6-4-13/h3-6,9,12,20,22H,2,7-8,10-11H2,1H3. The van der Waals surface area contributed by atoms with E-state index in [2.05, 4.69) is 4.98 Å². The van der Waals surface area contributed by atoms with Crippen molar-refractivity contribution in [3.8, 4) is 5.75 Å². The molecule has 0 spiro atoms. The third kappa shape index (κ3) is 4.16. The first-order valence-corrected chi connectivity index (χ1v) is 7.28. The van der Waals surface area contributed by atoms with Gasteiger partial charge in [-0.2, -0.15) is 0 Å². The molecule has 2 aromatic heterocycles. The van der Waals surface area contributed by atoms with Gasteiger partial charge >= 0.3 is 0 Å². The van der Waals surface area contributed by atoms with Crippen LogP contribution < -0.4 is 5.43 Å². The van der Waals surface area contributed by atoms with Crippen LogP contribution in [0.1, 0.15) is 18.2 Å². The summed E-state index contributed by atoms with van der Waals surface area (Å²) < 4.78 is 1.85. The monoisotopic (exact) mass is 303 g/mol. The van der Waals surface area contributed by atoms with Crippen LogP contribution in [-0.4, -0.2) is 44.4 Å². The van der Waals surface area contributed by atoms with Crippen LogP contribution in [0.3, 0.4) is 0 Å². The molecule has 0 saturated carbocycles. The lowest BCUT2D eigenvalue weighted by Crippen LogP contribution is -2.28. The second-order valence-corrected chi connectivity index (χ2v) is 5.09. The molecule has 6 heteroatoms. The third-order valence-corrected chi connectivity index (χ3v) is 3.55. The van der Waals surface area contributed by atoms with Crippen molar-refractivity contribution in [1.82, 2.24) is 14.5 Å². The molecule has 0 fully saturated rings. The number of aromatic nitrogens is 2. The lowest BCUT2D eigenvalue weighted by Gasteiger charge is -2.22. The summed E-state index contributed by atoms with van der Waals surface area (Å²) in [4.78, 5) is 17.7. The minimum Gasteiger partial charge on any atom is -0.503 e. The first-order chi connectivity index (χ1) is 10.6. The molecule has 2 N–H and O–H groups in total. The average molecular weight is 303 g/mol. The van der Waals surface area contributed by atoms with E-state index in [9.17, 15) is 9.90 Å². The molecule has 0 aliphatic carbocycles. The molecule has 0 saturated heterocycles. The molecular weight excluding hydrogens is 282 g/mol. The van der Waals surface area contributed by atoms with E-state index in [4.69, 9.17) is 5.11 Å².